The van der Waals surface area contributed by atoms with Crippen LogP contribution in [0.5, 0.6) is 0 Å². The Morgan fingerprint density at radius 3 is 2.52 bits per heavy atom. The molecule has 1 N–H and O–H groups in total. The van der Waals surface area contributed by atoms with Gasteiger partial charge >= 0.3 is 0 Å². The summed E-state index contributed by atoms with van der Waals surface area (Å²) in [5.41, 5.74) is 3.82. The van der Waals surface area contributed by atoms with Crippen LogP contribution in [0.15, 0.2) is 24.5 Å². The first-order valence-electron chi connectivity index (χ1n) is 7.35. The first-order valence-corrected chi connectivity index (χ1v) is 8.17. The van der Waals surface area contributed by atoms with Gasteiger partial charge in [0.05, 0.1) is 11.4 Å². The number of aryl methyl sites for hydroxylation is 3. The minimum absolute atomic E-state index is 0.0962. The summed E-state index contributed by atoms with van der Waals surface area (Å²) >= 11 is 1.39. The number of nitrogens with zero attached hydrogens (tertiary/aromatic N) is 4. The van der Waals surface area contributed by atoms with Crippen LogP contribution in [0.4, 0.5) is 0 Å². The fraction of sp³-hybridized carbons (Fsp3) is 0.312. The Morgan fingerprint density at radius 1 is 1.22 bits per heavy atom. The van der Waals surface area contributed by atoms with Crippen molar-refractivity contribution in [3.63, 3.8) is 0 Å². The molecule has 0 fully saturated rings. The number of thiazole rings is 1. The van der Waals surface area contributed by atoms with Gasteiger partial charge in [-0.1, -0.05) is 11.3 Å². The molecule has 0 bridgehead atoms. The maximum atomic E-state index is 12.5. The summed E-state index contributed by atoms with van der Waals surface area (Å²) in [6, 6.07) is 3.87. The molecule has 1 amide bonds. The van der Waals surface area contributed by atoms with Gasteiger partial charge in [0, 0.05) is 37.2 Å². The Kier molecular flexibility index (Phi) is 4.04. The minimum atomic E-state index is -0.0962. The maximum Gasteiger partial charge on any atom is 0.263 e. The second kappa shape index (κ2) is 6.00. The number of carbonyl (C=O) groups is 1. The first kappa shape index (κ1) is 15.5. The van der Waals surface area contributed by atoms with E-state index < -0.39 is 0 Å². The molecular weight excluding hydrogens is 310 g/mol. The van der Waals surface area contributed by atoms with Crippen molar-refractivity contribution in [1.29, 1.82) is 0 Å². The standard InChI is InChI=1S/C16H19N5OS/c1-10-13(12(3)20(4)19-10)9-17-15(22)14-11(2)18-16(23-14)21-7-5-6-8-21/h5-8H,9H2,1-4H3,(H,17,22). The second-order valence-electron chi connectivity index (χ2n) is 5.46. The molecule has 0 saturated carbocycles. The van der Waals surface area contributed by atoms with E-state index in [1.807, 2.05) is 61.6 Å². The molecule has 23 heavy (non-hydrogen) atoms. The van der Waals surface area contributed by atoms with E-state index in [0.29, 0.717) is 11.4 Å². The predicted octanol–water partition coefficient (Wildman–Crippen LogP) is 2.52. The molecule has 0 aliphatic heterocycles. The molecule has 3 rings (SSSR count). The smallest absolute Gasteiger partial charge is 0.263 e. The third kappa shape index (κ3) is 2.92. The highest BCUT2D eigenvalue weighted by atomic mass is 32.1. The van der Waals surface area contributed by atoms with E-state index in [4.69, 9.17) is 0 Å². The highest BCUT2D eigenvalue weighted by Gasteiger charge is 2.17. The summed E-state index contributed by atoms with van der Waals surface area (Å²) in [4.78, 5) is 17.6. The summed E-state index contributed by atoms with van der Waals surface area (Å²) in [5, 5.41) is 8.15. The Hall–Kier alpha value is -2.41. The topological polar surface area (TPSA) is 64.7 Å². The molecule has 0 atom stereocenters. The molecule has 3 aromatic rings. The summed E-state index contributed by atoms with van der Waals surface area (Å²) in [6.45, 7) is 6.29. The zero-order valence-electron chi connectivity index (χ0n) is 13.6. The van der Waals surface area contributed by atoms with E-state index >= 15 is 0 Å². The van der Waals surface area contributed by atoms with Crippen LogP contribution < -0.4 is 5.32 Å². The largest absolute Gasteiger partial charge is 0.347 e. The maximum absolute atomic E-state index is 12.5. The van der Waals surface area contributed by atoms with E-state index in [-0.39, 0.29) is 5.91 Å². The molecule has 6 nitrogen and oxygen atoms in total. The third-order valence-corrected chi connectivity index (χ3v) is 5.07. The summed E-state index contributed by atoms with van der Waals surface area (Å²) in [7, 11) is 1.91. The molecular formula is C16H19N5OS. The van der Waals surface area contributed by atoms with Crippen LogP contribution in [0.2, 0.25) is 0 Å². The van der Waals surface area contributed by atoms with Crippen LogP contribution >= 0.6 is 11.3 Å². The number of hydrogen-bond donors (Lipinski definition) is 1. The van der Waals surface area contributed by atoms with Crippen LogP contribution in [0.25, 0.3) is 5.13 Å². The van der Waals surface area contributed by atoms with Gasteiger partial charge in [0.1, 0.15) is 4.88 Å². The van der Waals surface area contributed by atoms with Crippen LogP contribution in [0.3, 0.4) is 0 Å². The monoisotopic (exact) mass is 329 g/mol. The summed E-state index contributed by atoms with van der Waals surface area (Å²) in [6.07, 6.45) is 3.84. The van der Waals surface area contributed by atoms with Crippen LogP contribution in [-0.2, 0) is 13.6 Å². The lowest BCUT2D eigenvalue weighted by molar-refractivity contribution is 0.0954. The first-order chi connectivity index (χ1) is 11.0. The number of rotatable bonds is 4. The molecule has 3 aromatic heterocycles. The van der Waals surface area contributed by atoms with Crippen molar-refractivity contribution in [3.05, 3.63) is 52.0 Å². The quantitative estimate of drug-likeness (QED) is 0.800. The number of aromatic nitrogens is 4. The average Bonchev–Trinajstić information content (AvgIpc) is 3.20. The van der Waals surface area contributed by atoms with Gasteiger partial charge in [-0.25, -0.2) is 4.98 Å². The van der Waals surface area contributed by atoms with Gasteiger partial charge < -0.3 is 9.88 Å². The number of nitrogens with one attached hydrogen (secondary N) is 1. The van der Waals surface area contributed by atoms with Crippen LogP contribution in [0.1, 0.15) is 32.3 Å². The van der Waals surface area contributed by atoms with Crippen LogP contribution in [-0.4, -0.2) is 25.2 Å². The zero-order chi connectivity index (χ0) is 16.6. The average molecular weight is 329 g/mol. The molecule has 0 unspecified atom stereocenters. The lowest BCUT2D eigenvalue weighted by Crippen LogP contribution is -2.23. The lowest BCUT2D eigenvalue weighted by Gasteiger charge is -2.05. The molecule has 0 aromatic carbocycles. The predicted molar refractivity (Wildman–Crippen MR) is 90.0 cm³/mol. The molecule has 3 heterocycles. The fourth-order valence-corrected chi connectivity index (χ4v) is 3.44. The number of amides is 1. The van der Waals surface area contributed by atoms with Gasteiger partial charge in [0.15, 0.2) is 5.13 Å². The van der Waals surface area contributed by atoms with Gasteiger partial charge in [-0.05, 0) is 32.9 Å². The van der Waals surface area contributed by atoms with Crippen molar-refractivity contribution < 1.29 is 4.79 Å². The summed E-state index contributed by atoms with van der Waals surface area (Å²) in [5.74, 6) is -0.0962. The summed E-state index contributed by atoms with van der Waals surface area (Å²) < 4.78 is 3.74. The van der Waals surface area contributed by atoms with Crippen molar-refractivity contribution in [3.8, 4) is 5.13 Å². The van der Waals surface area contributed by atoms with Gasteiger partial charge in [0.2, 0.25) is 0 Å². The fourth-order valence-electron chi connectivity index (χ4n) is 2.49. The van der Waals surface area contributed by atoms with E-state index in [2.05, 4.69) is 15.4 Å². The third-order valence-electron chi connectivity index (χ3n) is 3.90. The van der Waals surface area contributed by atoms with E-state index in [1.165, 1.54) is 11.3 Å². The Morgan fingerprint density at radius 2 is 1.91 bits per heavy atom. The zero-order valence-corrected chi connectivity index (χ0v) is 14.4. The van der Waals surface area contributed by atoms with Crippen molar-refractivity contribution in [2.75, 3.05) is 0 Å². The van der Waals surface area contributed by atoms with Crippen molar-refractivity contribution in [2.45, 2.75) is 27.3 Å². The van der Waals surface area contributed by atoms with Gasteiger partial charge in [-0.2, -0.15) is 5.10 Å². The Labute approximate surface area is 138 Å². The highest BCUT2D eigenvalue weighted by molar-refractivity contribution is 7.16. The van der Waals surface area contributed by atoms with Gasteiger partial charge in [0.25, 0.3) is 5.91 Å². The minimum Gasteiger partial charge on any atom is -0.347 e. The molecule has 0 spiro atoms. The highest BCUT2D eigenvalue weighted by Crippen LogP contribution is 2.22. The van der Waals surface area contributed by atoms with Crippen molar-refractivity contribution >= 4 is 17.2 Å². The van der Waals surface area contributed by atoms with Crippen molar-refractivity contribution in [1.82, 2.24) is 24.6 Å². The van der Waals surface area contributed by atoms with Gasteiger partial charge in [-0.15, -0.1) is 0 Å². The molecule has 0 saturated heterocycles. The molecule has 7 heteroatoms. The number of carbonyl (C=O) groups excluding carboxylic acids is 1. The molecule has 120 valence electrons. The van der Waals surface area contributed by atoms with E-state index in [9.17, 15) is 4.79 Å². The van der Waals surface area contributed by atoms with Crippen LogP contribution in [0, 0.1) is 20.8 Å². The van der Waals surface area contributed by atoms with E-state index in [0.717, 1.165) is 27.8 Å². The number of hydrogen-bond acceptors (Lipinski definition) is 4. The Bertz CT molecular complexity index is 844. The lowest BCUT2D eigenvalue weighted by atomic mass is 10.2. The van der Waals surface area contributed by atoms with Crippen molar-refractivity contribution in [2.24, 2.45) is 7.05 Å². The van der Waals surface area contributed by atoms with E-state index in [1.54, 1.807) is 0 Å². The second-order valence-corrected chi connectivity index (χ2v) is 6.43. The molecule has 0 radical (unpaired) electrons. The SMILES string of the molecule is Cc1nc(-n2cccc2)sc1C(=O)NCc1c(C)nn(C)c1C. The van der Waals surface area contributed by atoms with Gasteiger partial charge in [-0.3, -0.25) is 9.48 Å². The Balaban J connectivity index is 1.76. The molecule has 0 aliphatic carbocycles. The normalized spacial score (nSPS) is 11.0. The molecule has 0 aliphatic rings.